The molecule has 0 saturated carbocycles. The van der Waals surface area contributed by atoms with Gasteiger partial charge in [-0.05, 0) is 67.8 Å². The van der Waals surface area contributed by atoms with Crippen molar-refractivity contribution < 1.29 is 14.4 Å². The molecular weight excluding hydrogens is 404 g/mol. The van der Waals surface area contributed by atoms with Crippen molar-refractivity contribution in [3.63, 3.8) is 0 Å². The highest BCUT2D eigenvalue weighted by Crippen LogP contribution is 2.16. The molecule has 1 heterocycles. The predicted molar refractivity (Wildman–Crippen MR) is 127 cm³/mol. The number of carbonyl (C=O) groups excluding carboxylic acids is 3. The zero-order chi connectivity index (χ0) is 22.9. The fourth-order valence-electron chi connectivity index (χ4n) is 3.86. The second-order valence-corrected chi connectivity index (χ2v) is 8.16. The molecule has 0 aromatic heterocycles. The van der Waals surface area contributed by atoms with Crippen LogP contribution >= 0.6 is 0 Å². The van der Waals surface area contributed by atoms with Crippen LogP contribution in [0.4, 0.5) is 11.4 Å². The van der Waals surface area contributed by atoms with Gasteiger partial charge in [-0.3, -0.25) is 19.3 Å². The average Bonchev–Trinajstić information content (AvgIpc) is 2.80. The summed E-state index contributed by atoms with van der Waals surface area (Å²) < 4.78 is 0. The lowest BCUT2D eigenvalue weighted by molar-refractivity contribution is -0.117. The van der Waals surface area contributed by atoms with E-state index in [2.05, 4.69) is 10.6 Å². The molecule has 32 heavy (non-hydrogen) atoms. The summed E-state index contributed by atoms with van der Waals surface area (Å²) in [7, 11) is 0. The Hall–Kier alpha value is -3.19. The van der Waals surface area contributed by atoms with Crippen LogP contribution in [0.3, 0.4) is 0 Å². The molecule has 0 atom stereocenters. The first-order chi connectivity index (χ1) is 15.4. The molecule has 1 fully saturated rings. The minimum Gasteiger partial charge on any atom is -0.339 e. The fraction of sp³-hybridized carbons (Fsp3) is 0.400. The largest absolute Gasteiger partial charge is 0.339 e. The smallest absolute Gasteiger partial charge is 0.253 e. The van der Waals surface area contributed by atoms with E-state index >= 15 is 0 Å². The van der Waals surface area contributed by atoms with Gasteiger partial charge in [-0.25, -0.2) is 0 Å². The number of anilines is 2. The van der Waals surface area contributed by atoms with Gasteiger partial charge in [0.25, 0.3) is 5.91 Å². The van der Waals surface area contributed by atoms with E-state index in [1.807, 2.05) is 41.0 Å². The van der Waals surface area contributed by atoms with Crippen LogP contribution in [0.5, 0.6) is 0 Å². The maximum absolute atomic E-state index is 12.8. The van der Waals surface area contributed by atoms with Gasteiger partial charge in [-0.1, -0.05) is 19.1 Å². The molecule has 2 aromatic carbocycles. The Kier molecular flexibility index (Phi) is 8.39. The number of likely N-dealkylation sites (tertiary alicyclic amines) is 1. The highest BCUT2D eigenvalue weighted by molar-refractivity contribution is 5.94. The van der Waals surface area contributed by atoms with Gasteiger partial charge in [0.2, 0.25) is 11.8 Å². The van der Waals surface area contributed by atoms with Gasteiger partial charge >= 0.3 is 0 Å². The van der Waals surface area contributed by atoms with Crippen molar-refractivity contribution >= 4 is 29.1 Å². The summed E-state index contributed by atoms with van der Waals surface area (Å²) in [6.45, 7) is 6.67. The summed E-state index contributed by atoms with van der Waals surface area (Å²) in [5, 5.41) is 5.59. The van der Waals surface area contributed by atoms with Crippen molar-refractivity contribution in [2.24, 2.45) is 0 Å². The molecule has 3 amide bonds. The summed E-state index contributed by atoms with van der Waals surface area (Å²) in [6, 6.07) is 14.7. The van der Waals surface area contributed by atoms with E-state index in [1.165, 1.54) is 13.3 Å². The lowest BCUT2D eigenvalue weighted by atomic mass is 10.1. The number of rotatable bonds is 8. The standard InChI is InChI=1S/C25H32N4O3/c1-3-28(18-24(31)27-23-12-10-22(11-13-23)26-19(2)30)17-20-8-7-9-21(16-20)25(32)29-14-5-4-6-15-29/h7-13,16H,3-6,14-15,17-18H2,1-2H3,(H,26,30)(H,27,31). The molecule has 7 nitrogen and oxygen atoms in total. The summed E-state index contributed by atoms with van der Waals surface area (Å²) in [5.74, 6) is -0.156. The molecule has 0 spiro atoms. The van der Waals surface area contributed by atoms with Gasteiger partial charge in [0.05, 0.1) is 6.54 Å². The van der Waals surface area contributed by atoms with Crippen LogP contribution in [-0.2, 0) is 16.1 Å². The van der Waals surface area contributed by atoms with Crippen molar-refractivity contribution in [1.82, 2.24) is 9.80 Å². The third-order valence-corrected chi connectivity index (χ3v) is 5.53. The Morgan fingerprint density at radius 3 is 2.22 bits per heavy atom. The summed E-state index contributed by atoms with van der Waals surface area (Å²) in [6.07, 6.45) is 3.33. The average molecular weight is 437 g/mol. The van der Waals surface area contributed by atoms with E-state index in [0.29, 0.717) is 30.0 Å². The Bertz CT molecular complexity index is 936. The molecule has 170 valence electrons. The third-order valence-electron chi connectivity index (χ3n) is 5.53. The maximum Gasteiger partial charge on any atom is 0.253 e. The normalized spacial score (nSPS) is 13.7. The summed E-state index contributed by atoms with van der Waals surface area (Å²) >= 11 is 0. The second kappa shape index (κ2) is 11.4. The number of hydrogen-bond donors (Lipinski definition) is 2. The minimum atomic E-state index is -0.137. The zero-order valence-corrected chi connectivity index (χ0v) is 18.9. The van der Waals surface area contributed by atoms with Gasteiger partial charge < -0.3 is 15.5 Å². The van der Waals surface area contributed by atoms with Crippen LogP contribution in [0.1, 0.15) is 49.0 Å². The van der Waals surface area contributed by atoms with Crippen LogP contribution in [0, 0.1) is 0 Å². The SMILES string of the molecule is CCN(CC(=O)Nc1ccc(NC(C)=O)cc1)Cc1cccc(C(=O)N2CCCCC2)c1. The third kappa shape index (κ3) is 6.92. The number of likely N-dealkylation sites (N-methyl/N-ethyl adjacent to an activating group) is 1. The number of benzene rings is 2. The lowest BCUT2D eigenvalue weighted by Crippen LogP contribution is -2.35. The van der Waals surface area contributed by atoms with E-state index in [-0.39, 0.29) is 24.3 Å². The Morgan fingerprint density at radius 1 is 0.938 bits per heavy atom. The first-order valence-corrected chi connectivity index (χ1v) is 11.2. The van der Waals surface area contributed by atoms with Crippen LogP contribution in [0.15, 0.2) is 48.5 Å². The van der Waals surface area contributed by atoms with Gasteiger partial charge in [0.1, 0.15) is 0 Å². The predicted octanol–water partition coefficient (Wildman–Crippen LogP) is 3.73. The molecule has 1 aliphatic heterocycles. The Balaban J connectivity index is 1.56. The van der Waals surface area contributed by atoms with E-state index in [0.717, 1.165) is 31.5 Å². The quantitative estimate of drug-likeness (QED) is 0.661. The molecule has 0 radical (unpaired) electrons. The Labute approximate surface area is 189 Å². The number of amides is 3. The maximum atomic E-state index is 12.8. The van der Waals surface area contributed by atoms with Crippen LogP contribution in [-0.4, -0.2) is 53.7 Å². The second-order valence-electron chi connectivity index (χ2n) is 8.16. The van der Waals surface area contributed by atoms with E-state index in [4.69, 9.17) is 0 Å². The summed E-state index contributed by atoms with van der Waals surface area (Å²) in [4.78, 5) is 40.4. The summed E-state index contributed by atoms with van der Waals surface area (Å²) in [5.41, 5.74) is 3.09. The zero-order valence-electron chi connectivity index (χ0n) is 18.9. The highest BCUT2D eigenvalue weighted by Gasteiger charge is 2.18. The first-order valence-electron chi connectivity index (χ1n) is 11.2. The molecule has 1 saturated heterocycles. The van der Waals surface area contributed by atoms with Crippen molar-refractivity contribution in [1.29, 1.82) is 0 Å². The van der Waals surface area contributed by atoms with Crippen LogP contribution in [0.25, 0.3) is 0 Å². The molecule has 3 rings (SSSR count). The molecule has 0 aliphatic carbocycles. The number of nitrogens with one attached hydrogen (secondary N) is 2. The monoisotopic (exact) mass is 436 g/mol. The first kappa shape index (κ1) is 23.5. The topological polar surface area (TPSA) is 81.8 Å². The fourth-order valence-corrected chi connectivity index (χ4v) is 3.86. The molecule has 7 heteroatoms. The van der Waals surface area contributed by atoms with Crippen molar-refractivity contribution in [2.75, 3.05) is 36.8 Å². The van der Waals surface area contributed by atoms with Crippen molar-refractivity contribution in [3.8, 4) is 0 Å². The number of carbonyl (C=O) groups is 3. The van der Waals surface area contributed by atoms with Crippen molar-refractivity contribution in [2.45, 2.75) is 39.7 Å². The van der Waals surface area contributed by atoms with Gasteiger partial charge in [-0.2, -0.15) is 0 Å². The van der Waals surface area contributed by atoms with Crippen LogP contribution in [0.2, 0.25) is 0 Å². The van der Waals surface area contributed by atoms with Gasteiger partial charge in [-0.15, -0.1) is 0 Å². The van der Waals surface area contributed by atoms with Gasteiger partial charge in [0.15, 0.2) is 0 Å². The Morgan fingerprint density at radius 2 is 1.59 bits per heavy atom. The molecule has 0 bridgehead atoms. The minimum absolute atomic E-state index is 0.0926. The number of nitrogens with zero attached hydrogens (tertiary/aromatic N) is 2. The van der Waals surface area contributed by atoms with Crippen LogP contribution < -0.4 is 10.6 Å². The molecule has 2 aromatic rings. The highest BCUT2D eigenvalue weighted by atomic mass is 16.2. The molecule has 2 N–H and O–H groups in total. The van der Waals surface area contributed by atoms with Gasteiger partial charge in [0, 0.05) is 43.5 Å². The number of piperidine rings is 1. The molecular formula is C25H32N4O3. The number of hydrogen-bond acceptors (Lipinski definition) is 4. The molecule has 1 aliphatic rings. The van der Waals surface area contributed by atoms with E-state index in [1.54, 1.807) is 24.3 Å². The van der Waals surface area contributed by atoms with E-state index in [9.17, 15) is 14.4 Å². The van der Waals surface area contributed by atoms with E-state index < -0.39 is 0 Å². The lowest BCUT2D eigenvalue weighted by Gasteiger charge is -2.27. The molecule has 0 unspecified atom stereocenters. The van der Waals surface area contributed by atoms with Crippen molar-refractivity contribution in [3.05, 3.63) is 59.7 Å².